The van der Waals surface area contributed by atoms with Crippen LogP contribution in [0.5, 0.6) is 11.5 Å². The zero-order chi connectivity index (χ0) is 19.3. The summed E-state index contributed by atoms with van der Waals surface area (Å²) in [6.45, 7) is 5.35. The van der Waals surface area contributed by atoms with E-state index in [4.69, 9.17) is 9.47 Å². The molecule has 0 fully saturated rings. The van der Waals surface area contributed by atoms with Crippen LogP contribution in [0, 0.1) is 13.8 Å². The third-order valence-electron chi connectivity index (χ3n) is 4.27. The van der Waals surface area contributed by atoms with Gasteiger partial charge in [-0.25, -0.2) is 0 Å². The molecule has 7 nitrogen and oxygen atoms in total. The number of rotatable bonds is 6. The van der Waals surface area contributed by atoms with Crippen molar-refractivity contribution in [1.29, 1.82) is 0 Å². The zero-order valence-electron chi connectivity index (χ0n) is 16.1. The molecule has 2 rings (SSSR count). The number of aryl methyl sites for hydroxylation is 2. The summed E-state index contributed by atoms with van der Waals surface area (Å²) in [5, 5.41) is 11.1. The molecular weight excluding hydrogens is 398 g/mol. The van der Waals surface area contributed by atoms with E-state index in [0.29, 0.717) is 24.6 Å². The van der Waals surface area contributed by atoms with Crippen LogP contribution in [0.4, 0.5) is 0 Å². The molecule has 1 aromatic carbocycles. The number of aliphatic imine (C=N–C) groups is 1. The summed E-state index contributed by atoms with van der Waals surface area (Å²) < 4.78 is 13.5. The lowest BCUT2D eigenvalue weighted by Gasteiger charge is -2.15. The molecule has 0 saturated heterocycles. The van der Waals surface area contributed by atoms with Gasteiger partial charge in [0.2, 0.25) is 0 Å². The number of ether oxygens (including phenoxy) is 2. The molecular formula is C18H26BrN5O2. The van der Waals surface area contributed by atoms with Crippen molar-refractivity contribution in [3.05, 3.63) is 39.1 Å². The quantitative estimate of drug-likeness (QED) is 0.551. The minimum atomic E-state index is 0.601. The maximum atomic E-state index is 5.39. The predicted molar refractivity (Wildman–Crippen MR) is 107 cm³/mol. The maximum Gasteiger partial charge on any atom is 0.191 e. The van der Waals surface area contributed by atoms with E-state index in [0.717, 1.165) is 27.4 Å². The summed E-state index contributed by atoms with van der Waals surface area (Å²) in [7, 11) is 6.95. The molecule has 0 spiro atoms. The van der Waals surface area contributed by atoms with Crippen molar-refractivity contribution < 1.29 is 9.47 Å². The monoisotopic (exact) mass is 423 g/mol. The molecule has 0 unspecified atom stereocenters. The maximum absolute atomic E-state index is 5.39. The molecule has 2 aromatic rings. The minimum Gasteiger partial charge on any atom is -0.493 e. The standard InChI is InChI=1S/C18H26BrN5O2/c1-11-14(12(2)24(4)23-11)10-22-18(20-3)21-9-13-7-15(19)17(26-6)16(8-13)25-5/h7-8H,9-10H2,1-6H3,(H2,20,21,22). The van der Waals surface area contributed by atoms with Crippen LogP contribution in [0.3, 0.4) is 0 Å². The highest BCUT2D eigenvalue weighted by Gasteiger charge is 2.12. The first kappa shape index (κ1) is 20.1. The number of nitrogens with zero attached hydrogens (tertiary/aromatic N) is 3. The van der Waals surface area contributed by atoms with Crippen molar-refractivity contribution >= 4 is 21.9 Å². The Hall–Kier alpha value is -2.22. The Morgan fingerprint density at radius 1 is 1.19 bits per heavy atom. The van der Waals surface area contributed by atoms with Gasteiger partial charge in [0.05, 0.1) is 24.4 Å². The Morgan fingerprint density at radius 3 is 2.42 bits per heavy atom. The van der Waals surface area contributed by atoms with Crippen LogP contribution >= 0.6 is 15.9 Å². The van der Waals surface area contributed by atoms with Crippen LogP contribution in [0.1, 0.15) is 22.5 Å². The largest absolute Gasteiger partial charge is 0.493 e. The predicted octanol–water partition coefficient (Wildman–Crippen LogP) is 2.68. The highest BCUT2D eigenvalue weighted by molar-refractivity contribution is 9.10. The van der Waals surface area contributed by atoms with Crippen LogP contribution < -0.4 is 20.1 Å². The van der Waals surface area contributed by atoms with Gasteiger partial charge < -0.3 is 20.1 Å². The number of guanidine groups is 1. The molecule has 26 heavy (non-hydrogen) atoms. The molecule has 0 aliphatic carbocycles. The van der Waals surface area contributed by atoms with Crippen molar-refractivity contribution in [2.75, 3.05) is 21.3 Å². The fraction of sp³-hybridized carbons (Fsp3) is 0.444. The molecule has 0 bridgehead atoms. The number of hydrogen-bond acceptors (Lipinski definition) is 4. The summed E-state index contributed by atoms with van der Waals surface area (Å²) in [5.74, 6) is 2.09. The first-order valence-electron chi connectivity index (χ1n) is 8.25. The first-order chi connectivity index (χ1) is 12.4. The molecule has 8 heteroatoms. The number of methoxy groups -OCH3 is 2. The zero-order valence-corrected chi connectivity index (χ0v) is 17.7. The molecule has 2 N–H and O–H groups in total. The van der Waals surface area contributed by atoms with Crippen LogP contribution in [0.15, 0.2) is 21.6 Å². The molecule has 0 radical (unpaired) electrons. The van der Waals surface area contributed by atoms with E-state index >= 15 is 0 Å². The fourth-order valence-electron chi connectivity index (χ4n) is 2.73. The molecule has 1 aromatic heterocycles. The average Bonchev–Trinajstić information content (AvgIpc) is 2.86. The van der Waals surface area contributed by atoms with Gasteiger partial charge in [-0.2, -0.15) is 5.10 Å². The number of aromatic nitrogens is 2. The molecule has 0 saturated carbocycles. The Balaban J connectivity index is 2.02. The highest BCUT2D eigenvalue weighted by Crippen LogP contribution is 2.36. The summed E-state index contributed by atoms with van der Waals surface area (Å²) in [4.78, 5) is 4.28. The van der Waals surface area contributed by atoms with E-state index in [2.05, 4.69) is 43.6 Å². The van der Waals surface area contributed by atoms with E-state index < -0.39 is 0 Å². The van der Waals surface area contributed by atoms with Crippen LogP contribution in [-0.2, 0) is 20.1 Å². The molecule has 0 aliphatic rings. The molecule has 0 amide bonds. The van der Waals surface area contributed by atoms with Gasteiger partial charge in [-0.1, -0.05) is 0 Å². The average molecular weight is 424 g/mol. The van der Waals surface area contributed by atoms with Crippen LogP contribution in [0.2, 0.25) is 0 Å². The van der Waals surface area contributed by atoms with Gasteiger partial charge in [0.1, 0.15) is 0 Å². The summed E-state index contributed by atoms with van der Waals surface area (Å²) >= 11 is 3.51. The summed E-state index contributed by atoms with van der Waals surface area (Å²) in [5.41, 5.74) is 4.40. The van der Waals surface area contributed by atoms with Crippen LogP contribution in [0.25, 0.3) is 0 Å². The van der Waals surface area contributed by atoms with Gasteiger partial charge in [0.25, 0.3) is 0 Å². The number of halogens is 1. The van der Waals surface area contributed by atoms with Gasteiger partial charge in [-0.3, -0.25) is 9.67 Å². The number of nitrogens with one attached hydrogen (secondary N) is 2. The Labute approximate surface area is 162 Å². The van der Waals surface area contributed by atoms with Gasteiger partial charge in [-0.05, 0) is 47.5 Å². The third kappa shape index (κ3) is 4.49. The SMILES string of the molecule is CN=C(NCc1cc(Br)c(OC)c(OC)c1)NCc1c(C)nn(C)c1C. The van der Waals surface area contributed by atoms with Crippen LogP contribution in [-0.4, -0.2) is 37.0 Å². The normalized spacial score (nSPS) is 11.4. The fourth-order valence-corrected chi connectivity index (χ4v) is 3.38. The lowest BCUT2D eigenvalue weighted by molar-refractivity contribution is 0.352. The van der Waals surface area contributed by atoms with Gasteiger partial charge in [-0.15, -0.1) is 0 Å². The molecule has 0 aliphatic heterocycles. The van der Waals surface area contributed by atoms with E-state index in [9.17, 15) is 0 Å². The van der Waals surface area contributed by atoms with Crippen molar-refractivity contribution in [2.45, 2.75) is 26.9 Å². The summed E-state index contributed by atoms with van der Waals surface area (Å²) in [6, 6.07) is 3.94. The highest BCUT2D eigenvalue weighted by atomic mass is 79.9. The molecule has 0 atom stereocenters. The van der Waals surface area contributed by atoms with E-state index in [-0.39, 0.29) is 0 Å². The van der Waals surface area contributed by atoms with Crippen molar-refractivity contribution in [3.8, 4) is 11.5 Å². The summed E-state index contributed by atoms with van der Waals surface area (Å²) in [6.07, 6.45) is 0. The van der Waals surface area contributed by atoms with Crippen molar-refractivity contribution in [3.63, 3.8) is 0 Å². The Kier molecular flexibility index (Phi) is 6.90. The van der Waals surface area contributed by atoms with E-state index in [1.54, 1.807) is 21.3 Å². The Morgan fingerprint density at radius 2 is 1.88 bits per heavy atom. The lowest BCUT2D eigenvalue weighted by Crippen LogP contribution is -2.36. The van der Waals surface area contributed by atoms with Crippen molar-refractivity contribution in [1.82, 2.24) is 20.4 Å². The first-order valence-corrected chi connectivity index (χ1v) is 9.04. The van der Waals surface area contributed by atoms with Crippen molar-refractivity contribution in [2.24, 2.45) is 12.0 Å². The van der Waals surface area contributed by atoms with Gasteiger partial charge in [0, 0.05) is 38.4 Å². The minimum absolute atomic E-state index is 0.601. The number of hydrogen-bond donors (Lipinski definition) is 2. The molecule has 142 valence electrons. The smallest absolute Gasteiger partial charge is 0.191 e. The van der Waals surface area contributed by atoms with Gasteiger partial charge >= 0.3 is 0 Å². The van der Waals surface area contributed by atoms with E-state index in [1.165, 1.54) is 5.56 Å². The van der Waals surface area contributed by atoms with Gasteiger partial charge in [0.15, 0.2) is 17.5 Å². The Bertz CT molecular complexity index is 801. The lowest BCUT2D eigenvalue weighted by atomic mass is 10.2. The number of benzene rings is 1. The second kappa shape index (κ2) is 8.93. The van der Waals surface area contributed by atoms with E-state index in [1.807, 2.05) is 30.8 Å². The topological polar surface area (TPSA) is 72.7 Å². The third-order valence-corrected chi connectivity index (χ3v) is 4.86. The second-order valence-corrected chi connectivity index (χ2v) is 6.72. The second-order valence-electron chi connectivity index (χ2n) is 5.87. The molecule has 1 heterocycles.